The number of methoxy groups -OCH3 is 1. The van der Waals surface area contributed by atoms with Crippen LogP contribution in [0, 0.1) is 18.8 Å². The summed E-state index contributed by atoms with van der Waals surface area (Å²) in [5, 5.41) is 0. The van der Waals surface area contributed by atoms with Crippen molar-refractivity contribution in [2.24, 2.45) is 11.8 Å². The maximum atomic E-state index is 5.85. The van der Waals surface area contributed by atoms with E-state index in [1.165, 1.54) is 32.1 Å². The molecule has 0 aliphatic carbocycles. The van der Waals surface area contributed by atoms with Crippen LogP contribution in [-0.4, -0.2) is 25.9 Å². The summed E-state index contributed by atoms with van der Waals surface area (Å²) in [6.45, 7) is 9.41. The molecule has 1 aliphatic heterocycles. The van der Waals surface area contributed by atoms with E-state index < -0.39 is 0 Å². The van der Waals surface area contributed by atoms with Gasteiger partial charge in [0.05, 0.1) is 18.8 Å². The highest BCUT2D eigenvalue weighted by Crippen LogP contribution is 2.28. The molecule has 2 heteroatoms. The Hall–Kier alpha value is -0.340. The molecule has 1 rings (SSSR count). The zero-order chi connectivity index (χ0) is 14.1. The summed E-state index contributed by atoms with van der Waals surface area (Å²) in [6, 6.07) is 0. The van der Waals surface area contributed by atoms with Crippen molar-refractivity contribution in [2.45, 2.75) is 64.6 Å². The van der Waals surface area contributed by atoms with Crippen molar-refractivity contribution >= 4 is 0 Å². The van der Waals surface area contributed by atoms with Gasteiger partial charge < -0.3 is 9.47 Å². The Morgan fingerprint density at radius 1 is 1.26 bits per heavy atom. The molecule has 19 heavy (non-hydrogen) atoms. The first kappa shape index (κ1) is 16.7. The standard InChI is InChI=1S/C17H31O2/c1-5-6-7-8-9-10-11-12-16-15(3)17(18-4)14(2)13-19-16/h11-12,14-17H,3,5-10,13H2,1-2,4H3/b12-11+/t14-,15-,16-,17-/m0/s1. The molecule has 0 amide bonds. The maximum Gasteiger partial charge on any atom is 0.0808 e. The molecule has 1 radical (unpaired) electrons. The second-order valence-corrected chi connectivity index (χ2v) is 5.77. The minimum atomic E-state index is 0.122. The molecule has 0 aromatic carbocycles. The zero-order valence-electron chi connectivity index (χ0n) is 12.9. The maximum absolute atomic E-state index is 5.85. The van der Waals surface area contributed by atoms with Crippen LogP contribution >= 0.6 is 0 Å². The van der Waals surface area contributed by atoms with E-state index in [9.17, 15) is 0 Å². The molecule has 1 saturated heterocycles. The topological polar surface area (TPSA) is 18.5 Å². The number of hydrogen-bond acceptors (Lipinski definition) is 2. The fourth-order valence-electron chi connectivity index (χ4n) is 2.79. The molecular formula is C17H31O2. The Kier molecular flexibility index (Phi) is 8.40. The molecule has 0 N–H and O–H groups in total. The Labute approximate surface area is 119 Å². The summed E-state index contributed by atoms with van der Waals surface area (Å²) in [7, 11) is 1.78. The average molecular weight is 267 g/mol. The molecule has 0 aromatic heterocycles. The molecule has 0 unspecified atom stereocenters. The monoisotopic (exact) mass is 267 g/mol. The SMILES string of the molecule is [CH2][C@@H]1[C@@H](OC)[C@@H](C)CO[C@H]1/C=C/CCCCCCC. The lowest BCUT2D eigenvalue weighted by molar-refractivity contribution is -0.105. The van der Waals surface area contributed by atoms with Gasteiger partial charge in [0.25, 0.3) is 0 Å². The molecule has 0 bridgehead atoms. The van der Waals surface area contributed by atoms with Gasteiger partial charge in [-0.15, -0.1) is 0 Å². The number of ether oxygens (including phenoxy) is 2. The van der Waals surface area contributed by atoms with Gasteiger partial charge in [0.2, 0.25) is 0 Å². The van der Waals surface area contributed by atoms with Crippen LogP contribution < -0.4 is 0 Å². The van der Waals surface area contributed by atoms with E-state index in [1.807, 2.05) is 0 Å². The average Bonchev–Trinajstić information content (AvgIpc) is 2.40. The summed E-state index contributed by atoms with van der Waals surface area (Å²) in [5.74, 6) is 0.635. The van der Waals surface area contributed by atoms with Crippen LogP contribution in [0.1, 0.15) is 52.4 Å². The lowest BCUT2D eigenvalue weighted by Gasteiger charge is -2.38. The molecule has 1 heterocycles. The normalized spacial score (nSPS) is 32.0. The fourth-order valence-corrected chi connectivity index (χ4v) is 2.79. The first-order chi connectivity index (χ1) is 9.20. The molecule has 2 nitrogen and oxygen atoms in total. The smallest absolute Gasteiger partial charge is 0.0808 e. The molecule has 1 aliphatic rings. The fraction of sp³-hybridized carbons (Fsp3) is 0.824. The highest BCUT2D eigenvalue weighted by Gasteiger charge is 2.34. The Morgan fingerprint density at radius 3 is 2.68 bits per heavy atom. The highest BCUT2D eigenvalue weighted by molar-refractivity contribution is 4.99. The van der Waals surface area contributed by atoms with Gasteiger partial charge in [0, 0.05) is 18.9 Å². The summed E-state index contributed by atoms with van der Waals surface area (Å²) in [5.41, 5.74) is 0. The van der Waals surface area contributed by atoms with Crippen molar-refractivity contribution in [3.8, 4) is 0 Å². The molecule has 111 valence electrons. The van der Waals surface area contributed by atoms with Gasteiger partial charge in [-0.2, -0.15) is 0 Å². The predicted molar refractivity (Wildman–Crippen MR) is 81.1 cm³/mol. The van der Waals surface area contributed by atoms with E-state index in [-0.39, 0.29) is 18.1 Å². The van der Waals surface area contributed by atoms with E-state index in [0.29, 0.717) is 5.92 Å². The largest absolute Gasteiger partial charge is 0.381 e. The van der Waals surface area contributed by atoms with E-state index in [0.717, 1.165) is 13.0 Å². The van der Waals surface area contributed by atoms with Crippen molar-refractivity contribution in [3.63, 3.8) is 0 Å². The Balaban J connectivity index is 2.24. The van der Waals surface area contributed by atoms with Gasteiger partial charge in [-0.3, -0.25) is 0 Å². The lowest BCUT2D eigenvalue weighted by Crippen LogP contribution is -2.43. The molecular weight excluding hydrogens is 236 g/mol. The van der Waals surface area contributed by atoms with Crippen LogP contribution in [0.5, 0.6) is 0 Å². The third-order valence-electron chi connectivity index (χ3n) is 4.03. The first-order valence-corrected chi connectivity index (χ1v) is 7.84. The van der Waals surface area contributed by atoms with Crippen molar-refractivity contribution in [2.75, 3.05) is 13.7 Å². The van der Waals surface area contributed by atoms with Gasteiger partial charge in [0.1, 0.15) is 0 Å². The van der Waals surface area contributed by atoms with Crippen molar-refractivity contribution in [3.05, 3.63) is 19.1 Å². The van der Waals surface area contributed by atoms with Crippen LogP contribution in [0.2, 0.25) is 0 Å². The minimum Gasteiger partial charge on any atom is -0.381 e. The van der Waals surface area contributed by atoms with Crippen LogP contribution in [0.25, 0.3) is 0 Å². The number of rotatable bonds is 8. The van der Waals surface area contributed by atoms with Crippen LogP contribution in [0.3, 0.4) is 0 Å². The van der Waals surface area contributed by atoms with Crippen molar-refractivity contribution in [1.29, 1.82) is 0 Å². The highest BCUT2D eigenvalue weighted by atomic mass is 16.5. The molecule has 1 fully saturated rings. The summed E-state index contributed by atoms with van der Waals surface area (Å²) in [4.78, 5) is 0. The second kappa shape index (κ2) is 9.55. The predicted octanol–water partition coefficient (Wildman–Crippen LogP) is 4.40. The Morgan fingerprint density at radius 2 is 2.00 bits per heavy atom. The van der Waals surface area contributed by atoms with E-state index >= 15 is 0 Å². The second-order valence-electron chi connectivity index (χ2n) is 5.77. The quantitative estimate of drug-likeness (QED) is 0.479. The third-order valence-corrected chi connectivity index (χ3v) is 4.03. The van der Waals surface area contributed by atoms with Crippen molar-refractivity contribution < 1.29 is 9.47 Å². The van der Waals surface area contributed by atoms with E-state index in [2.05, 4.69) is 32.9 Å². The van der Waals surface area contributed by atoms with Crippen LogP contribution in [-0.2, 0) is 9.47 Å². The van der Waals surface area contributed by atoms with Gasteiger partial charge in [0.15, 0.2) is 0 Å². The third kappa shape index (κ3) is 5.66. The first-order valence-electron chi connectivity index (χ1n) is 7.84. The zero-order valence-corrected chi connectivity index (χ0v) is 12.9. The minimum absolute atomic E-state index is 0.122. The number of allylic oxidation sites excluding steroid dienone is 1. The van der Waals surface area contributed by atoms with Crippen molar-refractivity contribution in [1.82, 2.24) is 0 Å². The van der Waals surface area contributed by atoms with E-state index in [4.69, 9.17) is 9.47 Å². The number of unbranched alkanes of at least 4 members (excludes halogenated alkanes) is 5. The van der Waals surface area contributed by atoms with Crippen LogP contribution in [0.4, 0.5) is 0 Å². The van der Waals surface area contributed by atoms with Gasteiger partial charge in [-0.1, -0.05) is 51.7 Å². The van der Waals surface area contributed by atoms with Gasteiger partial charge >= 0.3 is 0 Å². The molecule has 0 spiro atoms. The van der Waals surface area contributed by atoms with Gasteiger partial charge in [-0.05, 0) is 19.8 Å². The molecule has 0 saturated carbocycles. The Bertz CT molecular complexity index is 250. The lowest BCUT2D eigenvalue weighted by atomic mass is 9.86. The van der Waals surface area contributed by atoms with Gasteiger partial charge in [-0.25, -0.2) is 0 Å². The summed E-state index contributed by atoms with van der Waals surface area (Å²) in [6.07, 6.45) is 12.6. The summed E-state index contributed by atoms with van der Waals surface area (Å²) >= 11 is 0. The molecule has 4 atom stereocenters. The van der Waals surface area contributed by atoms with E-state index in [1.54, 1.807) is 7.11 Å². The number of hydrogen-bond donors (Lipinski definition) is 0. The summed E-state index contributed by atoms with van der Waals surface area (Å²) < 4.78 is 11.4. The molecule has 0 aromatic rings. The van der Waals surface area contributed by atoms with Crippen LogP contribution in [0.15, 0.2) is 12.2 Å².